The van der Waals surface area contributed by atoms with Crippen molar-refractivity contribution in [3.63, 3.8) is 0 Å². The van der Waals surface area contributed by atoms with Gasteiger partial charge in [-0.1, -0.05) is 66.2 Å². The Bertz CT molecular complexity index is 1170. The third-order valence-electron chi connectivity index (χ3n) is 4.66. The molecule has 0 spiro atoms. The maximum atomic E-state index is 12.4. The van der Waals surface area contributed by atoms with Crippen LogP contribution in [0.25, 0.3) is 22.0 Å². The highest BCUT2D eigenvalue weighted by Gasteiger charge is 2.11. The first kappa shape index (κ1) is 17.7. The number of nitrogens with one attached hydrogen (secondary N) is 2. The highest BCUT2D eigenvalue weighted by molar-refractivity contribution is 6.00. The SMILES string of the molecule is CC(=NNC(=O)c1cc(-c2ccc3ccccc3c2)n[nH]1)c1ccc(C)cc1. The van der Waals surface area contributed by atoms with Gasteiger partial charge in [0.2, 0.25) is 0 Å². The van der Waals surface area contributed by atoms with Gasteiger partial charge in [-0.25, -0.2) is 5.43 Å². The summed E-state index contributed by atoms with van der Waals surface area (Å²) in [7, 11) is 0. The number of amides is 1. The molecule has 1 amide bonds. The van der Waals surface area contributed by atoms with Crippen LogP contribution in [0.2, 0.25) is 0 Å². The fourth-order valence-electron chi connectivity index (χ4n) is 2.99. The zero-order valence-electron chi connectivity index (χ0n) is 15.7. The van der Waals surface area contributed by atoms with Crippen LogP contribution >= 0.6 is 0 Å². The Morgan fingerprint density at radius 1 is 0.964 bits per heavy atom. The predicted molar refractivity (Wildman–Crippen MR) is 112 cm³/mol. The highest BCUT2D eigenvalue weighted by atomic mass is 16.2. The third-order valence-corrected chi connectivity index (χ3v) is 4.66. The van der Waals surface area contributed by atoms with Gasteiger partial charge in [-0.3, -0.25) is 9.89 Å². The standard InChI is InChI=1S/C23H20N4O/c1-15-7-9-17(10-8-15)16(2)24-27-23(28)22-14-21(25-26-22)20-12-11-18-5-3-4-6-19(18)13-20/h3-14H,1-2H3,(H,25,26)(H,27,28). The largest absolute Gasteiger partial charge is 0.289 e. The van der Waals surface area contributed by atoms with Gasteiger partial charge in [0, 0.05) is 5.56 Å². The molecule has 5 nitrogen and oxygen atoms in total. The van der Waals surface area contributed by atoms with Crippen molar-refractivity contribution in [2.75, 3.05) is 0 Å². The topological polar surface area (TPSA) is 70.1 Å². The van der Waals surface area contributed by atoms with Crippen molar-refractivity contribution < 1.29 is 4.79 Å². The smallest absolute Gasteiger partial charge is 0.272 e. The van der Waals surface area contributed by atoms with E-state index in [1.54, 1.807) is 6.07 Å². The Hall–Kier alpha value is -3.73. The molecule has 28 heavy (non-hydrogen) atoms. The lowest BCUT2D eigenvalue weighted by Crippen LogP contribution is -2.19. The van der Waals surface area contributed by atoms with Crippen molar-refractivity contribution in [2.24, 2.45) is 5.10 Å². The van der Waals surface area contributed by atoms with Gasteiger partial charge in [0.1, 0.15) is 5.69 Å². The van der Waals surface area contributed by atoms with Crippen LogP contribution in [0.3, 0.4) is 0 Å². The van der Waals surface area contributed by atoms with Crippen molar-refractivity contribution in [1.29, 1.82) is 0 Å². The molecule has 2 N–H and O–H groups in total. The number of carbonyl (C=O) groups excluding carboxylic acids is 1. The molecule has 4 rings (SSSR count). The van der Waals surface area contributed by atoms with Crippen LogP contribution in [-0.4, -0.2) is 21.8 Å². The lowest BCUT2D eigenvalue weighted by atomic mass is 10.1. The number of aromatic nitrogens is 2. The Balaban J connectivity index is 1.50. The molecule has 5 heteroatoms. The Kier molecular flexibility index (Phi) is 4.72. The lowest BCUT2D eigenvalue weighted by molar-refractivity contribution is 0.0950. The Labute approximate surface area is 163 Å². The summed E-state index contributed by atoms with van der Waals surface area (Å²) in [4.78, 5) is 12.4. The predicted octanol–water partition coefficient (Wildman–Crippen LogP) is 4.69. The van der Waals surface area contributed by atoms with Crippen LogP contribution in [0.15, 0.2) is 77.9 Å². The number of aryl methyl sites for hydroxylation is 1. The number of rotatable bonds is 4. The molecule has 0 fully saturated rings. The minimum Gasteiger partial charge on any atom is -0.272 e. The second kappa shape index (κ2) is 7.48. The number of benzene rings is 3. The molecule has 0 saturated heterocycles. The van der Waals surface area contributed by atoms with E-state index in [0.29, 0.717) is 5.69 Å². The fraction of sp³-hybridized carbons (Fsp3) is 0.0870. The minimum absolute atomic E-state index is 0.328. The van der Waals surface area contributed by atoms with Crippen molar-refractivity contribution >= 4 is 22.4 Å². The van der Waals surface area contributed by atoms with E-state index in [0.717, 1.165) is 27.9 Å². The van der Waals surface area contributed by atoms with E-state index in [1.807, 2.05) is 62.4 Å². The van der Waals surface area contributed by atoms with Crippen LogP contribution in [-0.2, 0) is 0 Å². The van der Waals surface area contributed by atoms with Crippen LogP contribution in [0.4, 0.5) is 0 Å². The summed E-state index contributed by atoms with van der Waals surface area (Å²) in [5.41, 5.74) is 7.50. The van der Waals surface area contributed by atoms with Crippen LogP contribution in [0, 0.1) is 6.92 Å². The molecule has 0 bridgehead atoms. The summed E-state index contributed by atoms with van der Waals surface area (Å²) in [6.45, 7) is 3.89. The number of hydrogen-bond donors (Lipinski definition) is 2. The molecule has 0 saturated carbocycles. The van der Waals surface area contributed by atoms with Gasteiger partial charge in [-0.15, -0.1) is 0 Å². The summed E-state index contributed by atoms with van der Waals surface area (Å²) >= 11 is 0. The molecule has 0 aliphatic carbocycles. The molecule has 0 radical (unpaired) electrons. The van der Waals surface area contributed by atoms with E-state index in [9.17, 15) is 4.79 Å². The summed E-state index contributed by atoms with van der Waals surface area (Å²) in [6, 6.07) is 24.0. The number of H-pyrrole nitrogens is 1. The molecule has 138 valence electrons. The number of nitrogens with zero attached hydrogens (tertiary/aromatic N) is 2. The first-order valence-corrected chi connectivity index (χ1v) is 9.06. The first-order valence-electron chi connectivity index (χ1n) is 9.06. The van der Waals surface area contributed by atoms with E-state index in [4.69, 9.17) is 0 Å². The van der Waals surface area contributed by atoms with E-state index in [-0.39, 0.29) is 5.91 Å². The molecule has 1 heterocycles. The zero-order chi connectivity index (χ0) is 19.5. The normalized spacial score (nSPS) is 11.6. The maximum absolute atomic E-state index is 12.4. The van der Waals surface area contributed by atoms with Gasteiger partial charge in [-0.05, 0) is 42.3 Å². The molecule has 0 aliphatic heterocycles. The zero-order valence-corrected chi connectivity index (χ0v) is 15.7. The van der Waals surface area contributed by atoms with Gasteiger partial charge >= 0.3 is 0 Å². The van der Waals surface area contributed by atoms with E-state index < -0.39 is 0 Å². The maximum Gasteiger partial charge on any atom is 0.289 e. The Morgan fingerprint density at radius 2 is 1.71 bits per heavy atom. The number of hydrazone groups is 1. The van der Waals surface area contributed by atoms with E-state index >= 15 is 0 Å². The summed E-state index contributed by atoms with van der Waals surface area (Å²) in [5, 5.41) is 13.6. The molecule has 0 unspecified atom stereocenters. The average Bonchev–Trinajstić information content (AvgIpc) is 3.22. The van der Waals surface area contributed by atoms with Gasteiger partial charge in [0.15, 0.2) is 0 Å². The van der Waals surface area contributed by atoms with E-state index in [2.05, 4.69) is 38.9 Å². The highest BCUT2D eigenvalue weighted by Crippen LogP contribution is 2.23. The quantitative estimate of drug-likeness (QED) is 0.405. The van der Waals surface area contributed by atoms with Crippen molar-refractivity contribution in [1.82, 2.24) is 15.6 Å². The van der Waals surface area contributed by atoms with Crippen molar-refractivity contribution in [3.05, 3.63) is 89.6 Å². The summed E-state index contributed by atoms with van der Waals surface area (Å²) in [6.07, 6.45) is 0. The number of aromatic amines is 1. The van der Waals surface area contributed by atoms with Crippen LogP contribution in [0.1, 0.15) is 28.5 Å². The average molecular weight is 368 g/mol. The third kappa shape index (κ3) is 3.69. The first-order chi connectivity index (χ1) is 13.6. The second-order valence-corrected chi connectivity index (χ2v) is 6.73. The summed E-state index contributed by atoms with van der Waals surface area (Å²) in [5.74, 6) is -0.328. The minimum atomic E-state index is -0.328. The van der Waals surface area contributed by atoms with Crippen molar-refractivity contribution in [2.45, 2.75) is 13.8 Å². The monoisotopic (exact) mass is 368 g/mol. The molecular weight excluding hydrogens is 348 g/mol. The molecule has 1 aromatic heterocycles. The second-order valence-electron chi connectivity index (χ2n) is 6.73. The number of hydrogen-bond acceptors (Lipinski definition) is 3. The van der Waals surface area contributed by atoms with Crippen LogP contribution in [0.5, 0.6) is 0 Å². The lowest BCUT2D eigenvalue weighted by Gasteiger charge is -2.02. The molecule has 4 aromatic rings. The Morgan fingerprint density at radius 3 is 2.50 bits per heavy atom. The van der Waals surface area contributed by atoms with Gasteiger partial charge in [-0.2, -0.15) is 10.2 Å². The summed E-state index contributed by atoms with van der Waals surface area (Å²) < 4.78 is 0. The van der Waals surface area contributed by atoms with Crippen LogP contribution < -0.4 is 5.43 Å². The van der Waals surface area contributed by atoms with E-state index in [1.165, 1.54) is 10.9 Å². The number of fused-ring (bicyclic) bond motifs is 1. The van der Waals surface area contributed by atoms with Gasteiger partial charge in [0.25, 0.3) is 5.91 Å². The van der Waals surface area contributed by atoms with Gasteiger partial charge < -0.3 is 0 Å². The number of carbonyl (C=O) groups is 1. The fourth-order valence-corrected chi connectivity index (χ4v) is 2.99. The van der Waals surface area contributed by atoms with Crippen molar-refractivity contribution in [3.8, 4) is 11.3 Å². The molecule has 3 aromatic carbocycles. The molecule has 0 atom stereocenters. The molecule has 0 aliphatic rings. The molecular formula is C23H20N4O. The van der Waals surface area contributed by atoms with Gasteiger partial charge in [0.05, 0.1) is 11.4 Å².